The molecule has 1 N–H and O–H groups in total. The average Bonchev–Trinajstić information content (AvgIpc) is 2.80. The van der Waals surface area contributed by atoms with Crippen molar-refractivity contribution < 1.29 is 27.1 Å². The van der Waals surface area contributed by atoms with Crippen LogP contribution < -0.4 is 15.5 Å². The van der Waals surface area contributed by atoms with Gasteiger partial charge in [0.15, 0.2) is 12.4 Å². The predicted octanol–water partition coefficient (Wildman–Crippen LogP) is 7.11. The maximum absolute atomic E-state index is 13.2. The first-order valence-corrected chi connectivity index (χ1v) is 10.9. The number of hydrogen-bond donors (Lipinski definition) is 1. The Kier molecular flexibility index (Phi) is 6.78. The molecule has 4 aromatic rings. The van der Waals surface area contributed by atoms with Crippen LogP contribution in [0.4, 0.5) is 18.9 Å². The van der Waals surface area contributed by atoms with Crippen molar-refractivity contribution in [1.29, 1.82) is 0 Å². The molecule has 1 amide bonds. The van der Waals surface area contributed by atoms with Gasteiger partial charge in [0.25, 0.3) is 5.91 Å². The predicted molar refractivity (Wildman–Crippen MR) is 128 cm³/mol. The standard InChI is InChI=1S/C25H16Cl2F3NO4/c1-13-2-4-14(5-3-13)23-24(22(33)17-11-16(26)7-9-20(17)35-23)34-12-21(32)31-19-10-15(25(28,29)30)6-8-18(19)27/h2-11H,12H2,1H3,(H,31,32). The quantitative estimate of drug-likeness (QED) is 0.303. The van der Waals surface area contributed by atoms with Crippen LogP contribution in [0.25, 0.3) is 22.3 Å². The number of carbonyl (C=O) groups is 1. The van der Waals surface area contributed by atoms with Crippen LogP contribution in [0.3, 0.4) is 0 Å². The lowest BCUT2D eigenvalue weighted by Crippen LogP contribution is -2.23. The Morgan fingerprint density at radius 3 is 2.43 bits per heavy atom. The Bertz CT molecular complexity index is 1480. The molecule has 0 aliphatic heterocycles. The summed E-state index contributed by atoms with van der Waals surface area (Å²) in [6, 6.07) is 14.1. The zero-order valence-corrected chi connectivity index (χ0v) is 19.5. The number of aryl methyl sites for hydroxylation is 1. The number of ether oxygens (including phenoxy) is 1. The van der Waals surface area contributed by atoms with Crippen molar-refractivity contribution in [3.05, 3.63) is 92.1 Å². The maximum Gasteiger partial charge on any atom is 0.416 e. The number of nitrogens with one attached hydrogen (secondary N) is 1. The average molecular weight is 522 g/mol. The Labute approximate surface area is 207 Å². The number of rotatable bonds is 5. The molecule has 35 heavy (non-hydrogen) atoms. The van der Waals surface area contributed by atoms with E-state index in [1.807, 2.05) is 19.1 Å². The van der Waals surface area contributed by atoms with Gasteiger partial charge in [-0.05, 0) is 43.3 Å². The van der Waals surface area contributed by atoms with E-state index < -0.39 is 29.7 Å². The molecule has 0 spiro atoms. The summed E-state index contributed by atoms with van der Waals surface area (Å²) in [6.45, 7) is 1.20. The van der Waals surface area contributed by atoms with Gasteiger partial charge in [-0.3, -0.25) is 9.59 Å². The third-order valence-corrected chi connectivity index (χ3v) is 5.60. The monoisotopic (exact) mass is 521 g/mol. The number of benzene rings is 3. The molecule has 0 aliphatic rings. The van der Waals surface area contributed by atoms with Gasteiger partial charge in [-0.15, -0.1) is 0 Å². The fourth-order valence-electron chi connectivity index (χ4n) is 3.30. The highest BCUT2D eigenvalue weighted by Gasteiger charge is 2.31. The van der Waals surface area contributed by atoms with Crippen molar-refractivity contribution in [1.82, 2.24) is 0 Å². The summed E-state index contributed by atoms with van der Waals surface area (Å²) in [5, 5.41) is 2.63. The lowest BCUT2D eigenvalue weighted by Gasteiger charge is -2.14. The Morgan fingerprint density at radius 2 is 1.74 bits per heavy atom. The molecule has 0 aliphatic carbocycles. The molecule has 5 nitrogen and oxygen atoms in total. The zero-order chi connectivity index (χ0) is 25.3. The van der Waals surface area contributed by atoms with Crippen LogP contribution in [-0.2, 0) is 11.0 Å². The first kappa shape index (κ1) is 24.6. The Hall–Kier alpha value is -3.49. The summed E-state index contributed by atoms with van der Waals surface area (Å²) < 4.78 is 50.5. The second-order valence-corrected chi connectivity index (χ2v) is 8.47. The van der Waals surface area contributed by atoms with E-state index in [1.54, 1.807) is 24.3 Å². The van der Waals surface area contributed by atoms with Crippen molar-refractivity contribution in [2.24, 2.45) is 0 Å². The molecule has 180 valence electrons. The van der Waals surface area contributed by atoms with E-state index in [4.69, 9.17) is 32.4 Å². The molecule has 10 heteroatoms. The van der Waals surface area contributed by atoms with Crippen LogP contribution in [0, 0.1) is 6.92 Å². The molecule has 0 radical (unpaired) electrons. The number of carbonyl (C=O) groups excluding carboxylic acids is 1. The van der Waals surface area contributed by atoms with Crippen LogP contribution in [0.15, 0.2) is 69.9 Å². The Balaban J connectivity index is 1.66. The lowest BCUT2D eigenvalue weighted by molar-refractivity contribution is -0.137. The van der Waals surface area contributed by atoms with Gasteiger partial charge in [0, 0.05) is 10.6 Å². The summed E-state index contributed by atoms with van der Waals surface area (Å²) in [4.78, 5) is 25.7. The number of fused-ring (bicyclic) bond motifs is 1. The third-order valence-electron chi connectivity index (χ3n) is 5.04. The first-order chi connectivity index (χ1) is 16.5. The summed E-state index contributed by atoms with van der Waals surface area (Å²) in [7, 11) is 0. The van der Waals surface area contributed by atoms with Gasteiger partial charge in [0.05, 0.1) is 21.7 Å². The summed E-state index contributed by atoms with van der Waals surface area (Å²) >= 11 is 11.9. The first-order valence-electron chi connectivity index (χ1n) is 10.2. The number of alkyl halides is 3. The molecule has 0 fully saturated rings. The smallest absolute Gasteiger partial charge is 0.416 e. The van der Waals surface area contributed by atoms with Crippen LogP contribution >= 0.6 is 23.2 Å². The molecule has 0 bridgehead atoms. The van der Waals surface area contributed by atoms with Crippen molar-refractivity contribution in [2.75, 3.05) is 11.9 Å². The van der Waals surface area contributed by atoms with Crippen molar-refractivity contribution in [3.63, 3.8) is 0 Å². The summed E-state index contributed by atoms with van der Waals surface area (Å²) in [5.74, 6) is -0.977. The normalized spacial score (nSPS) is 11.5. The molecule has 1 heterocycles. The van der Waals surface area contributed by atoms with Crippen molar-refractivity contribution in [3.8, 4) is 17.1 Å². The SMILES string of the molecule is Cc1ccc(-c2oc3ccc(Cl)cc3c(=O)c2OCC(=O)Nc2cc(C(F)(F)F)ccc2Cl)cc1. The number of amides is 1. The van der Waals surface area contributed by atoms with Gasteiger partial charge in [0.1, 0.15) is 5.58 Å². The molecule has 0 unspecified atom stereocenters. The van der Waals surface area contributed by atoms with E-state index in [-0.39, 0.29) is 33.2 Å². The number of hydrogen-bond acceptors (Lipinski definition) is 4. The van der Waals surface area contributed by atoms with E-state index in [1.165, 1.54) is 6.07 Å². The number of anilines is 1. The highest BCUT2D eigenvalue weighted by molar-refractivity contribution is 6.33. The highest BCUT2D eigenvalue weighted by atomic mass is 35.5. The van der Waals surface area contributed by atoms with E-state index >= 15 is 0 Å². The summed E-state index contributed by atoms with van der Waals surface area (Å²) in [5.41, 5.74) is -0.0147. The minimum atomic E-state index is -4.62. The fraction of sp³-hybridized carbons (Fsp3) is 0.120. The second kappa shape index (κ2) is 9.64. The molecular weight excluding hydrogens is 506 g/mol. The van der Waals surface area contributed by atoms with Crippen LogP contribution in [-0.4, -0.2) is 12.5 Å². The van der Waals surface area contributed by atoms with Crippen LogP contribution in [0.2, 0.25) is 10.0 Å². The van der Waals surface area contributed by atoms with Crippen LogP contribution in [0.1, 0.15) is 11.1 Å². The molecule has 3 aromatic carbocycles. The summed E-state index contributed by atoms with van der Waals surface area (Å²) in [6.07, 6.45) is -4.62. The maximum atomic E-state index is 13.2. The lowest BCUT2D eigenvalue weighted by atomic mass is 10.1. The molecule has 4 rings (SSSR count). The third kappa shape index (κ3) is 5.44. The van der Waals surface area contributed by atoms with E-state index in [9.17, 15) is 22.8 Å². The minimum Gasteiger partial charge on any atom is -0.476 e. The molecule has 0 atom stereocenters. The number of halogens is 5. The van der Waals surface area contributed by atoms with E-state index in [2.05, 4.69) is 5.32 Å². The zero-order valence-electron chi connectivity index (χ0n) is 18.0. The molecule has 1 aromatic heterocycles. The van der Waals surface area contributed by atoms with Gasteiger partial charge in [0.2, 0.25) is 11.2 Å². The molecular formula is C25H16Cl2F3NO4. The fourth-order valence-corrected chi connectivity index (χ4v) is 3.63. The minimum absolute atomic E-state index is 0.0912. The topological polar surface area (TPSA) is 68.5 Å². The second-order valence-electron chi connectivity index (χ2n) is 7.63. The largest absolute Gasteiger partial charge is 0.476 e. The molecule has 0 saturated carbocycles. The van der Waals surface area contributed by atoms with Crippen molar-refractivity contribution >= 4 is 45.8 Å². The van der Waals surface area contributed by atoms with Crippen molar-refractivity contribution in [2.45, 2.75) is 13.1 Å². The van der Waals surface area contributed by atoms with Gasteiger partial charge in [-0.25, -0.2) is 0 Å². The van der Waals surface area contributed by atoms with Gasteiger partial charge in [-0.1, -0.05) is 53.0 Å². The van der Waals surface area contributed by atoms with Gasteiger partial charge in [-0.2, -0.15) is 13.2 Å². The molecule has 0 saturated heterocycles. The van der Waals surface area contributed by atoms with E-state index in [0.29, 0.717) is 16.7 Å². The van der Waals surface area contributed by atoms with Crippen LogP contribution in [0.5, 0.6) is 5.75 Å². The highest BCUT2D eigenvalue weighted by Crippen LogP contribution is 2.34. The Morgan fingerprint density at radius 1 is 1.03 bits per heavy atom. The van der Waals surface area contributed by atoms with Gasteiger partial charge >= 0.3 is 6.18 Å². The van der Waals surface area contributed by atoms with Gasteiger partial charge < -0.3 is 14.5 Å². The van der Waals surface area contributed by atoms with E-state index in [0.717, 1.165) is 17.7 Å².